The summed E-state index contributed by atoms with van der Waals surface area (Å²) in [5.74, 6) is -1.01. The Balaban J connectivity index is 4.52. The summed E-state index contributed by atoms with van der Waals surface area (Å²) in [5, 5.41) is 0. The van der Waals surface area contributed by atoms with E-state index in [0.29, 0.717) is 19.3 Å². The van der Waals surface area contributed by atoms with Gasteiger partial charge >= 0.3 is 17.9 Å². The Bertz CT molecular complexity index is 1750. The second kappa shape index (κ2) is 61.3. The van der Waals surface area contributed by atoms with Gasteiger partial charge in [-0.05, 0) is 148 Å². The molecule has 0 amide bonds. The van der Waals surface area contributed by atoms with Crippen molar-refractivity contribution in [2.45, 2.75) is 232 Å². The Morgan fingerprint density at radius 1 is 0.267 bits per heavy atom. The minimum Gasteiger partial charge on any atom is -0.462 e. The van der Waals surface area contributed by atoms with Crippen LogP contribution in [0.4, 0.5) is 0 Å². The first-order valence-electron chi connectivity index (χ1n) is 29.6. The molecule has 0 radical (unpaired) electrons. The molecule has 0 spiro atoms. The highest BCUT2D eigenvalue weighted by Crippen LogP contribution is 2.13. The maximum Gasteiger partial charge on any atom is 0.306 e. The van der Waals surface area contributed by atoms with Crippen molar-refractivity contribution >= 4 is 17.9 Å². The first kappa shape index (κ1) is 69.8. The Hall–Kier alpha value is -5.23. The van der Waals surface area contributed by atoms with Gasteiger partial charge in [0.2, 0.25) is 0 Å². The molecule has 0 aliphatic carbocycles. The molecule has 0 aliphatic heterocycles. The van der Waals surface area contributed by atoms with Crippen molar-refractivity contribution in [1.82, 2.24) is 0 Å². The highest BCUT2D eigenvalue weighted by atomic mass is 16.6. The van der Waals surface area contributed by atoms with Crippen LogP contribution in [-0.2, 0) is 28.6 Å². The van der Waals surface area contributed by atoms with Crippen molar-refractivity contribution in [3.05, 3.63) is 170 Å². The number of esters is 3. The maximum absolute atomic E-state index is 12.9. The topological polar surface area (TPSA) is 78.9 Å². The van der Waals surface area contributed by atoms with Crippen LogP contribution < -0.4 is 0 Å². The van der Waals surface area contributed by atoms with E-state index in [1.54, 1.807) is 0 Å². The Labute approximate surface area is 460 Å². The molecule has 418 valence electrons. The van der Waals surface area contributed by atoms with Crippen molar-refractivity contribution in [1.29, 1.82) is 0 Å². The summed E-state index contributed by atoms with van der Waals surface area (Å²) in [7, 11) is 0. The molecule has 0 aromatic rings. The summed E-state index contributed by atoms with van der Waals surface area (Å²) >= 11 is 0. The minimum atomic E-state index is -0.828. The van der Waals surface area contributed by atoms with Crippen LogP contribution in [0.25, 0.3) is 0 Å². The fourth-order valence-corrected chi connectivity index (χ4v) is 7.37. The van der Waals surface area contributed by atoms with Gasteiger partial charge in [-0.25, -0.2) is 0 Å². The van der Waals surface area contributed by atoms with Crippen LogP contribution in [0.5, 0.6) is 0 Å². The van der Waals surface area contributed by atoms with Crippen LogP contribution in [-0.4, -0.2) is 37.2 Å². The number of carbonyl (C=O) groups is 3. The van der Waals surface area contributed by atoms with Gasteiger partial charge in [0.1, 0.15) is 13.2 Å². The number of ether oxygens (including phenoxy) is 3. The fourth-order valence-electron chi connectivity index (χ4n) is 7.37. The molecule has 1 unspecified atom stereocenters. The maximum atomic E-state index is 12.9. The molecule has 1 atom stereocenters. The van der Waals surface area contributed by atoms with Crippen molar-refractivity contribution in [3.63, 3.8) is 0 Å². The van der Waals surface area contributed by atoms with E-state index in [1.807, 2.05) is 0 Å². The van der Waals surface area contributed by atoms with Gasteiger partial charge in [0, 0.05) is 19.3 Å². The lowest BCUT2D eigenvalue weighted by Crippen LogP contribution is -2.30. The highest BCUT2D eigenvalue weighted by molar-refractivity contribution is 5.71. The Kier molecular flexibility index (Phi) is 57.0. The van der Waals surface area contributed by atoms with E-state index in [-0.39, 0.29) is 37.5 Å². The summed E-state index contributed by atoms with van der Waals surface area (Å²) in [4.78, 5) is 38.2. The molecule has 0 aliphatic rings. The molecule has 0 saturated carbocycles. The lowest BCUT2D eigenvalue weighted by atomic mass is 10.1. The average Bonchev–Trinajstić information content (AvgIpc) is 3.41. The monoisotopic (exact) mass is 1030 g/mol. The van der Waals surface area contributed by atoms with Crippen molar-refractivity contribution in [3.8, 4) is 0 Å². The summed E-state index contributed by atoms with van der Waals surface area (Å²) in [6.07, 6.45) is 90.6. The van der Waals surface area contributed by atoms with Gasteiger partial charge in [-0.15, -0.1) is 0 Å². The third-order valence-corrected chi connectivity index (χ3v) is 11.7. The molecular weight excluding hydrogens is 925 g/mol. The Morgan fingerprint density at radius 3 is 0.787 bits per heavy atom. The van der Waals surface area contributed by atoms with Gasteiger partial charge < -0.3 is 14.2 Å². The normalized spacial score (nSPS) is 13.4. The van der Waals surface area contributed by atoms with Crippen LogP contribution in [0.15, 0.2) is 170 Å². The zero-order chi connectivity index (χ0) is 54.3. The van der Waals surface area contributed by atoms with E-state index in [4.69, 9.17) is 14.2 Å². The molecule has 0 aromatic heterocycles. The molecule has 0 saturated heterocycles. The summed E-state index contributed by atoms with van der Waals surface area (Å²) in [6, 6.07) is 0. The zero-order valence-electron chi connectivity index (χ0n) is 47.7. The van der Waals surface area contributed by atoms with E-state index in [2.05, 4.69) is 191 Å². The van der Waals surface area contributed by atoms with E-state index in [0.717, 1.165) is 161 Å². The zero-order valence-corrected chi connectivity index (χ0v) is 47.7. The van der Waals surface area contributed by atoms with Crippen LogP contribution >= 0.6 is 0 Å². The lowest BCUT2D eigenvalue weighted by molar-refractivity contribution is -0.167. The van der Waals surface area contributed by atoms with E-state index >= 15 is 0 Å². The van der Waals surface area contributed by atoms with Crippen LogP contribution in [0.1, 0.15) is 226 Å². The number of hydrogen-bond donors (Lipinski definition) is 0. The molecule has 0 aromatic carbocycles. The van der Waals surface area contributed by atoms with Gasteiger partial charge in [-0.3, -0.25) is 14.4 Å². The molecule has 6 nitrogen and oxygen atoms in total. The predicted octanol–water partition coefficient (Wildman–Crippen LogP) is 20.3. The van der Waals surface area contributed by atoms with Crippen molar-refractivity contribution < 1.29 is 28.6 Å². The summed E-state index contributed by atoms with van der Waals surface area (Å²) < 4.78 is 16.8. The van der Waals surface area contributed by atoms with Crippen LogP contribution in [0.2, 0.25) is 0 Å². The fraction of sp³-hybridized carbons (Fsp3) is 0.551. The predicted molar refractivity (Wildman–Crippen MR) is 325 cm³/mol. The van der Waals surface area contributed by atoms with Crippen LogP contribution in [0.3, 0.4) is 0 Å². The second-order valence-corrected chi connectivity index (χ2v) is 18.8. The molecule has 0 fully saturated rings. The SMILES string of the molecule is CC/C=C\C/C=C\C/C=C\C/C=C\C/C=C\C/C=C\CCCCC(=O)OC(COC(=O)CCCCC/C=C\C/C=C\C/C=C\CC)COC(=O)CCCCCCCCC/C=C\C/C=C\C/C=C\C/C=C\C/C=C\CC. The number of rotatable bonds is 51. The molecule has 0 N–H and O–H groups in total. The molecule has 0 heterocycles. The molecule has 75 heavy (non-hydrogen) atoms. The van der Waals surface area contributed by atoms with Gasteiger partial charge in [-0.2, -0.15) is 0 Å². The first-order chi connectivity index (χ1) is 37.0. The molecule has 0 rings (SSSR count). The minimum absolute atomic E-state index is 0.120. The van der Waals surface area contributed by atoms with Gasteiger partial charge in [0.05, 0.1) is 0 Å². The highest BCUT2D eigenvalue weighted by Gasteiger charge is 2.19. The van der Waals surface area contributed by atoms with E-state index in [1.165, 1.54) is 19.3 Å². The standard InChI is InChI=1S/C69H106O6/c1-4-7-10-13-16-19-22-25-27-29-31-33-34-36-37-39-41-44-47-50-53-56-59-62-68(71)74-65-66(64-73-67(70)61-58-55-52-49-46-43-24-21-18-15-12-9-6-3)75-69(72)63-60-57-54-51-48-45-42-40-38-35-32-30-28-26-23-20-17-14-11-8-5-2/h7-12,16-21,25-28,31-33,35-37,40,42-43,46,48,51,66H,4-6,13-15,22-24,29-30,34,38-39,41,44-45,47,49-50,52-65H2,1-3H3/b10-7-,11-8-,12-9-,19-16-,20-17-,21-18-,27-25-,28-26-,33-31-,35-32-,37-36-,42-40-,46-43-,51-48-. The lowest BCUT2D eigenvalue weighted by Gasteiger charge is -2.18. The van der Waals surface area contributed by atoms with E-state index < -0.39 is 6.10 Å². The first-order valence-corrected chi connectivity index (χ1v) is 29.6. The molecule has 6 heteroatoms. The van der Waals surface area contributed by atoms with Gasteiger partial charge in [-0.1, -0.05) is 229 Å². The Morgan fingerprint density at radius 2 is 0.480 bits per heavy atom. The summed E-state index contributed by atoms with van der Waals surface area (Å²) in [6.45, 7) is 6.21. The largest absolute Gasteiger partial charge is 0.462 e. The molecule has 0 bridgehead atoms. The quantitative estimate of drug-likeness (QED) is 0.0261. The third kappa shape index (κ3) is 59.5. The van der Waals surface area contributed by atoms with Crippen LogP contribution in [0, 0.1) is 0 Å². The number of unbranched alkanes of at least 4 members (excludes halogenated alkanes) is 12. The van der Waals surface area contributed by atoms with Gasteiger partial charge in [0.15, 0.2) is 6.10 Å². The second-order valence-electron chi connectivity index (χ2n) is 18.8. The molecular formula is C69H106O6. The van der Waals surface area contributed by atoms with Crippen molar-refractivity contribution in [2.75, 3.05) is 13.2 Å². The van der Waals surface area contributed by atoms with E-state index in [9.17, 15) is 14.4 Å². The summed E-state index contributed by atoms with van der Waals surface area (Å²) in [5.41, 5.74) is 0. The van der Waals surface area contributed by atoms with Crippen molar-refractivity contribution in [2.24, 2.45) is 0 Å². The number of hydrogen-bond acceptors (Lipinski definition) is 6. The number of allylic oxidation sites excluding steroid dienone is 28. The third-order valence-electron chi connectivity index (χ3n) is 11.7. The smallest absolute Gasteiger partial charge is 0.306 e. The average molecular weight is 1030 g/mol. The number of carbonyl (C=O) groups excluding carboxylic acids is 3. The van der Waals surface area contributed by atoms with Gasteiger partial charge in [0.25, 0.3) is 0 Å².